The maximum absolute atomic E-state index is 12.7. The van der Waals surface area contributed by atoms with Crippen LogP contribution < -0.4 is 10.3 Å². The largest absolute Gasteiger partial charge is 0.354 e. The Labute approximate surface area is 164 Å². The normalized spacial score (nSPS) is 22.0. The van der Waals surface area contributed by atoms with Crippen LogP contribution in [0.2, 0.25) is 0 Å². The predicted octanol–water partition coefficient (Wildman–Crippen LogP) is 1.70. The third-order valence-corrected chi connectivity index (χ3v) is 6.20. The molecule has 0 radical (unpaired) electrons. The molecule has 0 aromatic carbocycles. The zero-order valence-electron chi connectivity index (χ0n) is 15.7. The third kappa shape index (κ3) is 4.45. The average molecular weight is 387 g/mol. The van der Waals surface area contributed by atoms with Crippen LogP contribution in [0.25, 0.3) is 10.6 Å². The molecule has 2 aromatic rings. The lowest BCUT2D eigenvalue weighted by atomic mass is 9.97. The summed E-state index contributed by atoms with van der Waals surface area (Å²) in [6.45, 7) is 5.37. The molecule has 2 aliphatic rings. The molecule has 2 aliphatic heterocycles. The topological polar surface area (TPSA) is 64.6 Å². The van der Waals surface area contributed by atoms with Crippen LogP contribution in [0.1, 0.15) is 12.8 Å². The van der Waals surface area contributed by atoms with Crippen LogP contribution in [-0.2, 0) is 4.79 Å². The minimum absolute atomic E-state index is 0.00261. The summed E-state index contributed by atoms with van der Waals surface area (Å²) >= 11 is 1.66. The molecule has 1 unspecified atom stereocenters. The molecule has 2 aromatic heterocycles. The summed E-state index contributed by atoms with van der Waals surface area (Å²) in [7, 11) is 2.11. The fraction of sp³-hybridized carbons (Fsp3) is 0.526. The van der Waals surface area contributed by atoms with Gasteiger partial charge in [-0.2, -0.15) is 0 Å². The highest BCUT2D eigenvalue weighted by Gasteiger charge is 2.28. The average Bonchev–Trinajstić information content (AvgIpc) is 3.25. The van der Waals surface area contributed by atoms with Crippen molar-refractivity contribution in [2.24, 2.45) is 5.92 Å². The van der Waals surface area contributed by atoms with E-state index in [2.05, 4.69) is 37.5 Å². The van der Waals surface area contributed by atoms with E-state index in [9.17, 15) is 4.79 Å². The van der Waals surface area contributed by atoms with Crippen LogP contribution in [0.3, 0.4) is 0 Å². The molecule has 0 bridgehead atoms. The van der Waals surface area contributed by atoms with Crippen molar-refractivity contribution < 1.29 is 4.79 Å². The van der Waals surface area contributed by atoms with Gasteiger partial charge in [0.15, 0.2) is 5.82 Å². The van der Waals surface area contributed by atoms with Crippen molar-refractivity contribution in [1.29, 1.82) is 0 Å². The molecule has 0 aliphatic carbocycles. The fourth-order valence-corrected chi connectivity index (χ4v) is 4.30. The first-order chi connectivity index (χ1) is 13.2. The van der Waals surface area contributed by atoms with E-state index in [0.717, 1.165) is 62.0 Å². The maximum atomic E-state index is 12.7. The van der Waals surface area contributed by atoms with Crippen molar-refractivity contribution in [3.8, 4) is 10.6 Å². The van der Waals surface area contributed by atoms with E-state index in [0.29, 0.717) is 6.54 Å². The van der Waals surface area contributed by atoms with Gasteiger partial charge >= 0.3 is 0 Å². The SMILES string of the molecule is CN1CCN(NC(=O)C2CCCN(c3ccc(-c4cccs4)nn3)C2)CC1. The summed E-state index contributed by atoms with van der Waals surface area (Å²) in [5, 5.41) is 12.9. The van der Waals surface area contributed by atoms with Crippen molar-refractivity contribution in [1.82, 2.24) is 25.5 Å². The van der Waals surface area contributed by atoms with Gasteiger partial charge in [0.05, 0.1) is 10.8 Å². The first-order valence-corrected chi connectivity index (χ1v) is 10.4. The van der Waals surface area contributed by atoms with E-state index in [-0.39, 0.29) is 11.8 Å². The Morgan fingerprint density at radius 2 is 2.00 bits per heavy atom. The first-order valence-electron chi connectivity index (χ1n) is 9.55. The zero-order valence-corrected chi connectivity index (χ0v) is 16.5. The molecular weight excluding hydrogens is 360 g/mol. The number of amides is 1. The number of thiophene rings is 1. The number of carbonyl (C=O) groups excluding carboxylic acids is 1. The van der Waals surface area contributed by atoms with Crippen molar-refractivity contribution in [3.05, 3.63) is 29.6 Å². The highest BCUT2D eigenvalue weighted by Crippen LogP contribution is 2.25. The number of carbonyl (C=O) groups is 1. The lowest BCUT2D eigenvalue weighted by Crippen LogP contribution is -2.55. The number of aromatic nitrogens is 2. The molecule has 1 N–H and O–H groups in total. The van der Waals surface area contributed by atoms with E-state index in [1.807, 2.05) is 29.6 Å². The van der Waals surface area contributed by atoms with Crippen molar-refractivity contribution >= 4 is 23.1 Å². The smallest absolute Gasteiger partial charge is 0.239 e. The number of nitrogens with zero attached hydrogens (tertiary/aromatic N) is 5. The highest BCUT2D eigenvalue weighted by atomic mass is 32.1. The van der Waals surface area contributed by atoms with Crippen LogP contribution in [0.4, 0.5) is 5.82 Å². The molecule has 2 saturated heterocycles. The van der Waals surface area contributed by atoms with Crippen LogP contribution in [-0.4, -0.2) is 72.3 Å². The molecule has 0 spiro atoms. The van der Waals surface area contributed by atoms with Crippen molar-refractivity contribution in [2.45, 2.75) is 12.8 Å². The number of hydrogen-bond acceptors (Lipinski definition) is 7. The first kappa shape index (κ1) is 18.3. The molecule has 7 nitrogen and oxygen atoms in total. The number of likely N-dealkylation sites (N-methyl/N-ethyl adjacent to an activating group) is 1. The third-order valence-electron chi connectivity index (χ3n) is 5.31. The standard InChI is InChI=1S/C19H26N6OS/c1-23-9-11-25(12-10-23)22-19(26)15-4-2-8-24(14-15)18-7-6-16(20-21-18)17-5-3-13-27-17/h3,5-7,13,15H,2,4,8-12,14H2,1H3,(H,22,26). The summed E-state index contributed by atoms with van der Waals surface area (Å²) in [6, 6.07) is 8.10. The Bertz CT molecular complexity index is 742. The summed E-state index contributed by atoms with van der Waals surface area (Å²) < 4.78 is 0. The molecule has 4 heterocycles. The highest BCUT2D eigenvalue weighted by molar-refractivity contribution is 7.13. The number of hydrazine groups is 1. The second-order valence-electron chi connectivity index (χ2n) is 7.31. The lowest BCUT2D eigenvalue weighted by molar-refractivity contribution is -0.131. The Morgan fingerprint density at radius 1 is 1.15 bits per heavy atom. The van der Waals surface area contributed by atoms with Gasteiger partial charge in [0.1, 0.15) is 5.69 Å². The van der Waals surface area contributed by atoms with E-state index >= 15 is 0 Å². The van der Waals surface area contributed by atoms with Crippen LogP contribution in [0.15, 0.2) is 29.6 Å². The minimum atomic E-state index is -0.00261. The lowest BCUT2D eigenvalue weighted by Gasteiger charge is -2.36. The van der Waals surface area contributed by atoms with Crippen LogP contribution in [0, 0.1) is 5.92 Å². The number of piperazine rings is 1. The van der Waals surface area contributed by atoms with E-state index in [4.69, 9.17) is 0 Å². The molecule has 2 fully saturated rings. The molecular formula is C19H26N6OS. The molecule has 144 valence electrons. The predicted molar refractivity (Wildman–Crippen MR) is 107 cm³/mol. The number of anilines is 1. The van der Waals surface area contributed by atoms with Gasteiger partial charge in [-0.15, -0.1) is 21.5 Å². The van der Waals surface area contributed by atoms with Gasteiger partial charge in [0, 0.05) is 39.3 Å². The number of piperidine rings is 1. The minimum Gasteiger partial charge on any atom is -0.354 e. The van der Waals surface area contributed by atoms with Gasteiger partial charge in [-0.1, -0.05) is 6.07 Å². The van der Waals surface area contributed by atoms with Crippen molar-refractivity contribution in [3.63, 3.8) is 0 Å². The van der Waals surface area contributed by atoms with Crippen LogP contribution >= 0.6 is 11.3 Å². The molecule has 1 atom stereocenters. The molecule has 27 heavy (non-hydrogen) atoms. The van der Waals surface area contributed by atoms with Gasteiger partial charge in [0.25, 0.3) is 0 Å². The van der Waals surface area contributed by atoms with E-state index < -0.39 is 0 Å². The fourth-order valence-electron chi connectivity index (χ4n) is 3.61. The van der Waals surface area contributed by atoms with Gasteiger partial charge in [-0.3, -0.25) is 10.2 Å². The summed E-state index contributed by atoms with van der Waals surface area (Å²) in [6.07, 6.45) is 1.92. The molecule has 0 saturated carbocycles. The van der Waals surface area contributed by atoms with E-state index in [1.165, 1.54) is 0 Å². The van der Waals surface area contributed by atoms with Gasteiger partial charge in [-0.25, -0.2) is 5.01 Å². The second-order valence-corrected chi connectivity index (χ2v) is 8.25. The summed E-state index contributed by atoms with van der Waals surface area (Å²) in [5.41, 5.74) is 4.01. The number of nitrogens with one attached hydrogen (secondary N) is 1. The number of hydrogen-bond donors (Lipinski definition) is 1. The number of rotatable bonds is 4. The Kier molecular flexibility index (Phi) is 5.66. The second kappa shape index (κ2) is 8.33. The molecule has 8 heteroatoms. The maximum Gasteiger partial charge on any atom is 0.239 e. The zero-order chi connectivity index (χ0) is 18.6. The summed E-state index contributed by atoms with van der Waals surface area (Å²) in [5.74, 6) is 0.983. The Balaban J connectivity index is 1.35. The monoisotopic (exact) mass is 386 g/mol. The molecule has 1 amide bonds. The van der Waals surface area contributed by atoms with Crippen molar-refractivity contribution in [2.75, 3.05) is 51.2 Å². The quantitative estimate of drug-likeness (QED) is 0.863. The van der Waals surface area contributed by atoms with Gasteiger partial charge < -0.3 is 9.80 Å². The summed E-state index contributed by atoms with van der Waals surface area (Å²) in [4.78, 5) is 18.3. The molecule has 4 rings (SSSR count). The van der Waals surface area contributed by atoms with Gasteiger partial charge in [0.2, 0.25) is 5.91 Å². The van der Waals surface area contributed by atoms with Crippen LogP contribution in [0.5, 0.6) is 0 Å². The Morgan fingerprint density at radius 3 is 2.70 bits per heavy atom. The van der Waals surface area contributed by atoms with E-state index in [1.54, 1.807) is 11.3 Å². The Hall–Kier alpha value is -2.03. The van der Waals surface area contributed by atoms with Gasteiger partial charge in [-0.05, 0) is 43.5 Å².